The van der Waals surface area contributed by atoms with Crippen LogP contribution < -0.4 is 10.1 Å². The summed E-state index contributed by atoms with van der Waals surface area (Å²) in [5.74, 6) is 1.04. The number of hydrogen-bond acceptors (Lipinski definition) is 4. The number of nitrogens with one attached hydrogen (secondary N) is 1. The summed E-state index contributed by atoms with van der Waals surface area (Å²) in [6, 6.07) is 6.22. The number of methoxy groups -OCH3 is 1. The first-order valence-electron chi connectivity index (χ1n) is 11.9. The van der Waals surface area contributed by atoms with Crippen molar-refractivity contribution >= 4 is 23.4 Å². The van der Waals surface area contributed by atoms with Crippen molar-refractivity contribution in [3.05, 3.63) is 100 Å². The standard InChI is InChI=1S/C25H28ClNO2S.C4H10/c1-5-6-12-22-23(14-17(3)28)30-25(19-11-7-9-16(2)24(19)29-4)20-15-18(26)10-8-13-21(20)27-22;1-3-4-2/h5-9,11-13,15,23,25,27-28H,3,10,14H2,1-2,4H3;3-4H2,1-2H3/b6-5-,22-12-;/t23-,25?;/m1./s1. The van der Waals surface area contributed by atoms with Gasteiger partial charge in [0.15, 0.2) is 0 Å². The lowest BCUT2D eigenvalue weighted by molar-refractivity contribution is 0.392. The highest BCUT2D eigenvalue weighted by Gasteiger charge is 2.32. The van der Waals surface area contributed by atoms with Crippen molar-refractivity contribution in [1.82, 2.24) is 5.32 Å². The Kier molecular flexibility index (Phi) is 11.7. The molecule has 0 spiro atoms. The van der Waals surface area contributed by atoms with Crippen LogP contribution in [0.1, 0.15) is 62.8 Å². The fourth-order valence-electron chi connectivity index (χ4n) is 3.69. The van der Waals surface area contributed by atoms with Crippen molar-refractivity contribution < 1.29 is 9.84 Å². The van der Waals surface area contributed by atoms with Crippen molar-refractivity contribution in [2.24, 2.45) is 0 Å². The second-order valence-corrected chi connectivity index (χ2v) is 10.1. The maximum atomic E-state index is 10.0. The zero-order chi connectivity index (χ0) is 25.1. The maximum absolute atomic E-state index is 10.0. The van der Waals surface area contributed by atoms with Gasteiger partial charge in [-0.2, -0.15) is 0 Å². The number of halogens is 1. The summed E-state index contributed by atoms with van der Waals surface area (Å²) in [5, 5.41) is 14.4. The molecule has 5 heteroatoms. The Morgan fingerprint density at radius 1 is 1.32 bits per heavy atom. The number of rotatable bonds is 6. The van der Waals surface area contributed by atoms with Gasteiger partial charge in [-0.15, -0.1) is 11.8 Å². The Hall–Kier alpha value is -2.30. The minimum absolute atomic E-state index is 0.0126. The molecule has 0 fully saturated rings. The molecule has 0 saturated heterocycles. The van der Waals surface area contributed by atoms with Gasteiger partial charge in [-0.3, -0.25) is 0 Å². The quantitative estimate of drug-likeness (QED) is 0.383. The van der Waals surface area contributed by atoms with E-state index < -0.39 is 0 Å². The molecule has 1 aromatic rings. The second-order valence-electron chi connectivity index (χ2n) is 8.31. The van der Waals surface area contributed by atoms with Gasteiger partial charge in [0.2, 0.25) is 0 Å². The molecule has 1 heterocycles. The molecule has 184 valence electrons. The van der Waals surface area contributed by atoms with E-state index in [0.29, 0.717) is 12.8 Å². The first-order valence-corrected chi connectivity index (χ1v) is 13.2. The zero-order valence-electron chi connectivity index (χ0n) is 21.0. The van der Waals surface area contributed by atoms with E-state index in [2.05, 4.69) is 75.2 Å². The minimum atomic E-state index is -0.0280. The lowest BCUT2D eigenvalue weighted by Crippen LogP contribution is -2.20. The van der Waals surface area contributed by atoms with Crippen LogP contribution in [0, 0.1) is 6.92 Å². The van der Waals surface area contributed by atoms with Crippen molar-refractivity contribution in [3.63, 3.8) is 0 Å². The van der Waals surface area contributed by atoms with E-state index in [1.54, 1.807) is 18.9 Å². The summed E-state index contributed by atoms with van der Waals surface area (Å²) in [5.41, 5.74) is 5.30. The molecule has 2 N–H and O–H groups in total. The number of allylic oxidation sites excluding steroid dienone is 8. The van der Waals surface area contributed by atoms with E-state index in [4.69, 9.17) is 16.3 Å². The summed E-state index contributed by atoms with van der Waals surface area (Å²) >= 11 is 8.29. The van der Waals surface area contributed by atoms with Crippen LogP contribution in [0.15, 0.2) is 89.0 Å². The van der Waals surface area contributed by atoms with E-state index >= 15 is 0 Å². The fourth-order valence-corrected chi connectivity index (χ4v) is 5.47. The molecule has 3 nitrogen and oxygen atoms in total. The molecule has 3 rings (SSSR count). The molecule has 1 aromatic carbocycles. The van der Waals surface area contributed by atoms with Crippen molar-refractivity contribution in [3.8, 4) is 5.75 Å². The predicted molar refractivity (Wildman–Crippen MR) is 150 cm³/mol. The van der Waals surface area contributed by atoms with Gasteiger partial charge in [-0.1, -0.05) is 81.3 Å². The average Bonchev–Trinajstić information content (AvgIpc) is 3.07. The molecule has 34 heavy (non-hydrogen) atoms. The Bertz CT molecular complexity index is 1000. The first-order chi connectivity index (χ1) is 16.4. The van der Waals surface area contributed by atoms with Crippen LogP contribution in [0.3, 0.4) is 0 Å². The Morgan fingerprint density at radius 2 is 2.06 bits per heavy atom. The van der Waals surface area contributed by atoms with Gasteiger partial charge in [0.1, 0.15) is 5.75 Å². The normalized spacial score (nSPS) is 21.1. The number of thioether (sulfide) groups is 1. The summed E-state index contributed by atoms with van der Waals surface area (Å²) in [7, 11) is 1.71. The van der Waals surface area contributed by atoms with Gasteiger partial charge < -0.3 is 15.2 Å². The van der Waals surface area contributed by atoms with Crippen LogP contribution in [0.2, 0.25) is 0 Å². The molecule has 0 aromatic heterocycles. The Labute approximate surface area is 215 Å². The average molecular weight is 500 g/mol. The van der Waals surface area contributed by atoms with Crippen LogP contribution in [0.25, 0.3) is 0 Å². The topological polar surface area (TPSA) is 41.5 Å². The highest BCUT2D eigenvalue weighted by Crippen LogP contribution is 2.49. The highest BCUT2D eigenvalue weighted by molar-refractivity contribution is 8.00. The van der Waals surface area contributed by atoms with Gasteiger partial charge in [-0.05, 0) is 43.2 Å². The molecule has 1 unspecified atom stereocenters. The number of aliphatic hydroxyl groups excluding tert-OH is 1. The van der Waals surface area contributed by atoms with Gasteiger partial charge in [0.25, 0.3) is 0 Å². The highest BCUT2D eigenvalue weighted by atomic mass is 35.5. The minimum Gasteiger partial charge on any atom is -0.513 e. The summed E-state index contributed by atoms with van der Waals surface area (Å²) in [4.78, 5) is 0. The van der Waals surface area contributed by atoms with Crippen molar-refractivity contribution in [2.45, 2.75) is 63.9 Å². The molecule has 2 atom stereocenters. The van der Waals surface area contributed by atoms with E-state index in [-0.39, 0.29) is 16.3 Å². The maximum Gasteiger partial charge on any atom is 0.126 e. The van der Waals surface area contributed by atoms with E-state index in [0.717, 1.165) is 38.9 Å². The van der Waals surface area contributed by atoms with Crippen LogP contribution in [-0.4, -0.2) is 17.5 Å². The number of hydrogen-bond donors (Lipinski definition) is 2. The number of unbranched alkanes of at least 4 members (excludes halogenated alkanes) is 1. The Balaban J connectivity index is 0.000000945. The monoisotopic (exact) mass is 499 g/mol. The summed E-state index contributed by atoms with van der Waals surface area (Å²) in [6.07, 6.45) is 16.1. The zero-order valence-corrected chi connectivity index (χ0v) is 22.6. The summed E-state index contributed by atoms with van der Waals surface area (Å²) < 4.78 is 5.80. The SMILES string of the molecule is C=C(O)C[C@H]1SC(c2cccc(C)c2OC)C2=C(C=CCC(Cl)=C2)N/C1=C\C=C/C.CCCC. The van der Waals surface area contributed by atoms with Gasteiger partial charge in [-0.25, -0.2) is 0 Å². The lowest BCUT2D eigenvalue weighted by Gasteiger charge is -2.24. The molecule has 0 saturated carbocycles. The molecule has 2 aliphatic rings. The number of para-hydroxylation sites is 1. The summed E-state index contributed by atoms with van der Waals surface area (Å²) in [6.45, 7) is 12.1. The largest absolute Gasteiger partial charge is 0.513 e. The molecule has 1 aliphatic carbocycles. The van der Waals surface area contributed by atoms with Crippen LogP contribution in [0.5, 0.6) is 5.75 Å². The van der Waals surface area contributed by atoms with Crippen molar-refractivity contribution in [2.75, 3.05) is 7.11 Å². The molecule has 1 aliphatic heterocycles. The van der Waals surface area contributed by atoms with Crippen LogP contribution in [0.4, 0.5) is 0 Å². The molecular formula is C29H38ClNO2S. The lowest BCUT2D eigenvalue weighted by atomic mass is 9.99. The molecular weight excluding hydrogens is 462 g/mol. The van der Waals surface area contributed by atoms with E-state index in [1.165, 1.54) is 12.8 Å². The molecule has 0 radical (unpaired) electrons. The van der Waals surface area contributed by atoms with Gasteiger partial charge >= 0.3 is 0 Å². The van der Waals surface area contributed by atoms with Gasteiger partial charge in [0.05, 0.1) is 23.4 Å². The Morgan fingerprint density at radius 3 is 2.68 bits per heavy atom. The third-order valence-corrected chi connectivity index (χ3v) is 7.34. The van der Waals surface area contributed by atoms with E-state index in [1.807, 2.05) is 19.1 Å². The van der Waals surface area contributed by atoms with Gasteiger partial charge in [0, 0.05) is 34.8 Å². The van der Waals surface area contributed by atoms with Crippen LogP contribution in [-0.2, 0) is 0 Å². The number of aryl methyl sites for hydroxylation is 1. The number of aliphatic hydroxyl groups is 1. The third-order valence-electron chi connectivity index (χ3n) is 5.55. The number of benzene rings is 1. The smallest absolute Gasteiger partial charge is 0.126 e. The predicted octanol–water partition coefficient (Wildman–Crippen LogP) is 8.81. The third kappa shape index (κ3) is 7.61. The fraction of sp³-hybridized carbons (Fsp3) is 0.379. The van der Waals surface area contributed by atoms with Crippen molar-refractivity contribution in [1.29, 1.82) is 0 Å². The second kappa shape index (κ2) is 14.2. The van der Waals surface area contributed by atoms with E-state index in [9.17, 15) is 5.11 Å². The van der Waals surface area contributed by atoms with Crippen LogP contribution >= 0.6 is 23.4 Å². The number of ether oxygens (including phenoxy) is 1. The molecule has 0 amide bonds. The first kappa shape index (κ1) is 27.9. The molecule has 0 bridgehead atoms.